The number of aliphatic hydroxyl groups excluding tert-OH is 1. The highest BCUT2D eigenvalue weighted by atomic mass is 35.5. The molecular formula is C32H30Cl2N2O5S2. The van der Waals surface area contributed by atoms with Crippen LogP contribution in [0.15, 0.2) is 94.7 Å². The number of fused-ring (bicyclic) bond motifs is 1. The van der Waals surface area contributed by atoms with Crippen LogP contribution >= 0.6 is 46.7 Å². The quantitative estimate of drug-likeness (QED) is 0.155. The van der Waals surface area contributed by atoms with Crippen molar-refractivity contribution < 1.29 is 24.2 Å². The SMILES string of the molecule is CC(C)C(O)C1=CS[C@@H]2C(NC(=O)CSc3cc(Cl)ccc3Cl)C(=O)N2C1C(=O)OC(c1ccccc1)c1ccccc1. The van der Waals surface area contributed by atoms with Gasteiger partial charge in [0.2, 0.25) is 11.8 Å². The molecule has 5 rings (SSSR count). The Hall–Kier alpha value is -2.95. The highest BCUT2D eigenvalue weighted by Gasteiger charge is 2.57. The lowest BCUT2D eigenvalue weighted by molar-refractivity contribution is -0.166. The Morgan fingerprint density at radius 3 is 2.26 bits per heavy atom. The zero-order valence-electron chi connectivity index (χ0n) is 23.4. The van der Waals surface area contributed by atoms with Gasteiger partial charge in [-0.25, -0.2) is 4.79 Å². The molecule has 3 aromatic rings. The van der Waals surface area contributed by atoms with E-state index in [-0.39, 0.29) is 17.6 Å². The van der Waals surface area contributed by atoms with Gasteiger partial charge in [0.25, 0.3) is 0 Å². The number of carbonyl (C=O) groups is 3. The van der Waals surface area contributed by atoms with E-state index in [1.54, 1.807) is 23.6 Å². The maximum absolute atomic E-state index is 14.0. The summed E-state index contributed by atoms with van der Waals surface area (Å²) in [4.78, 5) is 42.4. The van der Waals surface area contributed by atoms with Gasteiger partial charge in [0, 0.05) is 9.92 Å². The lowest BCUT2D eigenvalue weighted by atomic mass is 9.90. The molecule has 2 aliphatic heterocycles. The lowest BCUT2D eigenvalue weighted by Gasteiger charge is -2.52. The second-order valence-electron chi connectivity index (χ2n) is 10.5. The number of thioether (sulfide) groups is 2. The number of β-lactam (4-membered cyclic amide) rings is 1. The Morgan fingerprint density at radius 2 is 1.65 bits per heavy atom. The molecule has 43 heavy (non-hydrogen) atoms. The molecule has 2 amide bonds. The van der Waals surface area contributed by atoms with E-state index in [4.69, 9.17) is 27.9 Å². The summed E-state index contributed by atoms with van der Waals surface area (Å²) >= 11 is 14.8. The van der Waals surface area contributed by atoms with Crippen molar-refractivity contribution >= 4 is 64.5 Å². The highest BCUT2D eigenvalue weighted by Crippen LogP contribution is 2.43. The van der Waals surface area contributed by atoms with Crippen LogP contribution in [0.4, 0.5) is 0 Å². The van der Waals surface area contributed by atoms with E-state index in [0.717, 1.165) is 11.1 Å². The van der Waals surface area contributed by atoms with Gasteiger partial charge in [-0.3, -0.25) is 9.59 Å². The van der Waals surface area contributed by atoms with Crippen LogP contribution in [0.2, 0.25) is 10.0 Å². The Labute approximate surface area is 269 Å². The van der Waals surface area contributed by atoms with Crippen molar-refractivity contribution in [3.63, 3.8) is 0 Å². The molecule has 0 saturated carbocycles. The van der Waals surface area contributed by atoms with Gasteiger partial charge < -0.3 is 20.1 Å². The van der Waals surface area contributed by atoms with E-state index in [2.05, 4.69) is 5.32 Å². The monoisotopic (exact) mass is 656 g/mol. The smallest absolute Gasteiger partial charge is 0.334 e. The third kappa shape index (κ3) is 6.91. The van der Waals surface area contributed by atoms with E-state index in [1.807, 2.05) is 74.5 Å². The van der Waals surface area contributed by atoms with Crippen molar-refractivity contribution in [2.45, 2.75) is 48.4 Å². The molecule has 0 radical (unpaired) electrons. The lowest BCUT2D eigenvalue weighted by Crippen LogP contribution is -2.74. The second kappa shape index (κ2) is 13.8. The predicted molar refractivity (Wildman–Crippen MR) is 171 cm³/mol. The number of nitrogens with one attached hydrogen (secondary N) is 1. The summed E-state index contributed by atoms with van der Waals surface area (Å²) in [5.41, 5.74) is 1.94. The zero-order valence-corrected chi connectivity index (χ0v) is 26.5. The molecular weight excluding hydrogens is 627 g/mol. The fourth-order valence-electron chi connectivity index (χ4n) is 4.99. The number of hydrogen-bond acceptors (Lipinski definition) is 7. The number of amides is 2. The fourth-order valence-corrected chi connectivity index (χ4v) is 7.56. The third-order valence-corrected chi connectivity index (χ3v) is 10.1. The molecule has 2 heterocycles. The summed E-state index contributed by atoms with van der Waals surface area (Å²) in [5.74, 6) is -1.62. The first-order valence-corrected chi connectivity index (χ1v) is 16.4. The fraction of sp³-hybridized carbons (Fsp3) is 0.281. The Bertz CT molecular complexity index is 1480. The molecule has 0 spiro atoms. The Kier molecular flexibility index (Phi) is 10.1. The number of ether oxygens (including phenoxy) is 1. The third-order valence-electron chi connectivity index (χ3n) is 7.22. The average Bonchev–Trinajstić information content (AvgIpc) is 3.02. The summed E-state index contributed by atoms with van der Waals surface area (Å²) in [6.45, 7) is 3.68. The van der Waals surface area contributed by atoms with E-state index in [0.29, 0.717) is 20.5 Å². The van der Waals surface area contributed by atoms with Gasteiger partial charge in [-0.15, -0.1) is 23.5 Å². The zero-order chi connectivity index (χ0) is 30.7. The number of halogens is 2. The van der Waals surface area contributed by atoms with Crippen LogP contribution in [0, 0.1) is 5.92 Å². The van der Waals surface area contributed by atoms with E-state index in [9.17, 15) is 19.5 Å². The first-order valence-electron chi connectivity index (χ1n) is 13.7. The number of esters is 1. The van der Waals surface area contributed by atoms with Gasteiger partial charge in [0.1, 0.15) is 11.4 Å². The van der Waals surface area contributed by atoms with Crippen LogP contribution < -0.4 is 5.32 Å². The molecule has 3 aromatic carbocycles. The molecule has 0 bridgehead atoms. The number of hydrogen-bond donors (Lipinski definition) is 2. The van der Waals surface area contributed by atoms with Crippen LogP contribution in [0.1, 0.15) is 31.1 Å². The van der Waals surface area contributed by atoms with Crippen molar-refractivity contribution in [3.8, 4) is 0 Å². The van der Waals surface area contributed by atoms with Crippen molar-refractivity contribution in [1.82, 2.24) is 10.2 Å². The molecule has 3 unspecified atom stereocenters. The molecule has 224 valence electrons. The molecule has 1 fully saturated rings. The van der Waals surface area contributed by atoms with Crippen LogP contribution in [-0.4, -0.2) is 57.1 Å². The second-order valence-corrected chi connectivity index (χ2v) is 13.4. The van der Waals surface area contributed by atoms with Crippen LogP contribution in [0.3, 0.4) is 0 Å². The first-order chi connectivity index (χ1) is 20.7. The van der Waals surface area contributed by atoms with Crippen LogP contribution in [-0.2, 0) is 19.1 Å². The predicted octanol–water partition coefficient (Wildman–Crippen LogP) is 6.09. The average molecular weight is 658 g/mol. The van der Waals surface area contributed by atoms with Crippen molar-refractivity contribution in [2.24, 2.45) is 5.92 Å². The van der Waals surface area contributed by atoms with Crippen molar-refractivity contribution in [1.29, 1.82) is 0 Å². The van der Waals surface area contributed by atoms with Gasteiger partial charge in [-0.1, -0.05) is 97.7 Å². The minimum atomic E-state index is -1.14. The molecule has 0 aromatic heterocycles. The Balaban J connectivity index is 1.35. The first kappa shape index (κ1) is 31.5. The van der Waals surface area contributed by atoms with E-state index in [1.165, 1.54) is 28.4 Å². The summed E-state index contributed by atoms with van der Waals surface area (Å²) in [7, 11) is 0. The number of aliphatic hydroxyl groups is 1. The summed E-state index contributed by atoms with van der Waals surface area (Å²) in [6, 6.07) is 21.7. The number of benzene rings is 3. The van der Waals surface area contributed by atoms with Crippen molar-refractivity contribution in [3.05, 3.63) is 111 Å². The van der Waals surface area contributed by atoms with Crippen molar-refractivity contribution in [2.75, 3.05) is 5.75 Å². The molecule has 4 atom stereocenters. The van der Waals surface area contributed by atoms with E-state index >= 15 is 0 Å². The van der Waals surface area contributed by atoms with E-state index < -0.39 is 41.5 Å². The number of nitrogens with zero attached hydrogens (tertiary/aromatic N) is 1. The van der Waals surface area contributed by atoms with Gasteiger partial charge in [-0.2, -0.15) is 0 Å². The minimum Gasteiger partial charge on any atom is -0.451 e. The number of rotatable bonds is 10. The maximum atomic E-state index is 14.0. The molecule has 7 nitrogen and oxygen atoms in total. The molecule has 2 N–H and O–H groups in total. The van der Waals surface area contributed by atoms with Gasteiger partial charge in [-0.05, 0) is 46.2 Å². The Morgan fingerprint density at radius 1 is 1.02 bits per heavy atom. The van der Waals surface area contributed by atoms with Gasteiger partial charge in [0.15, 0.2) is 12.1 Å². The summed E-state index contributed by atoms with van der Waals surface area (Å²) in [6.07, 6.45) is -1.69. The standard InChI is InChI=1S/C32H30Cl2N2O5S2/c1-18(2)28(38)22-16-43-31-26(35-25(37)17-42-24-15-21(33)13-14-23(24)34)30(39)36(31)27(22)32(40)41-29(19-9-5-3-6-10-19)20-11-7-4-8-12-20/h3-16,18,26-29,31,38H,17H2,1-2H3,(H,35,37)/t26?,27?,28?,31-/m1/s1. The number of carbonyl (C=O) groups excluding carboxylic acids is 3. The van der Waals surface area contributed by atoms with Gasteiger partial charge >= 0.3 is 5.97 Å². The molecule has 0 aliphatic carbocycles. The van der Waals surface area contributed by atoms with Crippen LogP contribution in [0.5, 0.6) is 0 Å². The minimum absolute atomic E-state index is 0.0235. The van der Waals surface area contributed by atoms with Crippen LogP contribution in [0.25, 0.3) is 0 Å². The highest BCUT2D eigenvalue weighted by molar-refractivity contribution is 8.03. The largest absolute Gasteiger partial charge is 0.451 e. The topological polar surface area (TPSA) is 95.9 Å². The molecule has 2 aliphatic rings. The van der Waals surface area contributed by atoms with Gasteiger partial charge in [0.05, 0.1) is 16.9 Å². The normalized spacial score (nSPS) is 20.3. The molecule has 1 saturated heterocycles. The summed E-state index contributed by atoms with van der Waals surface area (Å²) < 4.78 is 6.14. The summed E-state index contributed by atoms with van der Waals surface area (Å²) in [5, 5.41) is 16.0. The molecule has 11 heteroatoms. The maximum Gasteiger partial charge on any atom is 0.334 e.